The van der Waals surface area contributed by atoms with Crippen LogP contribution in [0.25, 0.3) is 0 Å². The minimum absolute atomic E-state index is 0.0180. The van der Waals surface area contributed by atoms with Gasteiger partial charge in [0.15, 0.2) is 0 Å². The minimum atomic E-state index is -3.59. The molecule has 0 aromatic heterocycles. The topological polar surface area (TPSA) is 66.5 Å². The van der Waals surface area contributed by atoms with Crippen molar-refractivity contribution in [2.45, 2.75) is 38.1 Å². The molecule has 1 amide bonds. The molecule has 0 radical (unpaired) electrons. The fourth-order valence-electron chi connectivity index (χ4n) is 3.19. The van der Waals surface area contributed by atoms with Crippen molar-refractivity contribution in [2.75, 3.05) is 11.9 Å². The molecule has 3 aromatic rings. The van der Waals surface area contributed by atoms with Crippen LogP contribution in [0.1, 0.15) is 28.7 Å². The molecule has 0 saturated carbocycles. The maximum absolute atomic E-state index is 12.6. The molecular formula is C25H28N2O3S. The van der Waals surface area contributed by atoms with E-state index < -0.39 is 10.0 Å². The number of hydrogen-bond donors (Lipinski definition) is 1. The summed E-state index contributed by atoms with van der Waals surface area (Å²) in [6.45, 7) is 4.31. The van der Waals surface area contributed by atoms with Crippen LogP contribution in [0.4, 0.5) is 5.69 Å². The van der Waals surface area contributed by atoms with Crippen LogP contribution in [0, 0.1) is 13.8 Å². The zero-order chi connectivity index (χ0) is 22.4. The second kappa shape index (κ2) is 9.90. The van der Waals surface area contributed by atoms with Crippen LogP contribution in [0.15, 0.2) is 77.7 Å². The molecule has 0 atom stereocenters. The molecule has 3 rings (SSSR count). The highest BCUT2D eigenvalue weighted by molar-refractivity contribution is 7.89. The Morgan fingerprint density at radius 3 is 2.19 bits per heavy atom. The summed E-state index contributed by atoms with van der Waals surface area (Å²) in [5.41, 5.74) is 5.03. The van der Waals surface area contributed by atoms with E-state index in [1.165, 1.54) is 5.56 Å². The van der Waals surface area contributed by atoms with Gasteiger partial charge in [-0.1, -0.05) is 48.5 Å². The first-order chi connectivity index (χ1) is 14.8. The summed E-state index contributed by atoms with van der Waals surface area (Å²) in [7, 11) is -1.81. The van der Waals surface area contributed by atoms with Crippen LogP contribution in [0.5, 0.6) is 0 Å². The maximum Gasteiger partial charge on any atom is 0.240 e. The number of carbonyl (C=O) groups excluding carboxylic acids is 1. The number of benzene rings is 3. The molecule has 0 bridgehead atoms. The smallest absolute Gasteiger partial charge is 0.240 e. The van der Waals surface area contributed by atoms with E-state index >= 15 is 0 Å². The molecule has 0 heterocycles. The van der Waals surface area contributed by atoms with Gasteiger partial charge in [-0.05, 0) is 66.8 Å². The Balaban J connectivity index is 1.57. The molecule has 0 saturated heterocycles. The molecule has 0 fully saturated rings. The fraction of sp³-hybridized carbons (Fsp3) is 0.240. The molecule has 0 aliphatic heterocycles. The number of nitrogens with zero attached hydrogens (tertiary/aromatic N) is 1. The predicted octanol–water partition coefficient (Wildman–Crippen LogP) is 4.38. The largest absolute Gasteiger partial charge is 0.315 e. The van der Waals surface area contributed by atoms with Gasteiger partial charge in [-0.3, -0.25) is 4.79 Å². The van der Waals surface area contributed by atoms with Gasteiger partial charge < -0.3 is 4.90 Å². The van der Waals surface area contributed by atoms with E-state index in [0.29, 0.717) is 12.8 Å². The average molecular weight is 437 g/mol. The van der Waals surface area contributed by atoms with Crippen molar-refractivity contribution in [3.05, 3.63) is 95.1 Å². The molecule has 1 N–H and O–H groups in total. The summed E-state index contributed by atoms with van der Waals surface area (Å²) in [5, 5.41) is 0. The number of anilines is 1. The van der Waals surface area contributed by atoms with Gasteiger partial charge in [-0.15, -0.1) is 0 Å². The molecule has 0 spiro atoms. The second-order valence-electron chi connectivity index (χ2n) is 7.68. The average Bonchev–Trinajstić information content (AvgIpc) is 2.78. The minimum Gasteiger partial charge on any atom is -0.315 e. The lowest BCUT2D eigenvalue weighted by atomic mass is 10.1. The predicted molar refractivity (Wildman–Crippen MR) is 125 cm³/mol. The van der Waals surface area contributed by atoms with Gasteiger partial charge >= 0.3 is 0 Å². The van der Waals surface area contributed by atoms with Gasteiger partial charge in [-0.25, -0.2) is 13.1 Å². The SMILES string of the molecule is Cc1ccc(N(C)C(=O)CCc2ccc(S(=O)(=O)NCc3ccccc3)cc2)cc1C. The third-order valence-electron chi connectivity index (χ3n) is 5.42. The van der Waals surface area contributed by atoms with Crippen LogP contribution in [0.2, 0.25) is 0 Å². The summed E-state index contributed by atoms with van der Waals surface area (Å²) in [6, 6.07) is 22.0. The first kappa shape index (κ1) is 22.7. The summed E-state index contributed by atoms with van der Waals surface area (Å²) < 4.78 is 27.6. The molecule has 5 nitrogen and oxygen atoms in total. The van der Waals surface area contributed by atoms with Crippen LogP contribution in [0.3, 0.4) is 0 Å². The van der Waals surface area contributed by atoms with E-state index in [-0.39, 0.29) is 17.3 Å². The van der Waals surface area contributed by atoms with E-state index in [9.17, 15) is 13.2 Å². The first-order valence-electron chi connectivity index (χ1n) is 10.2. The molecular weight excluding hydrogens is 408 g/mol. The number of nitrogens with one attached hydrogen (secondary N) is 1. The van der Waals surface area contributed by atoms with Crippen molar-refractivity contribution in [3.8, 4) is 0 Å². The van der Waals surface area contributed by atoms with Gasteiger partial charge in [0.1, 0.15) is 0 Å². The Morgan fingerprint density at radius 1 is 0.871 bits per heavy atom. The summed E-state index contributed by atoms with van der Waals surface area (Å²) in [4.78, 5) is 14.5. The lowest BCUT2D eigenvalue weighted by Gasteiger charge is -2.18. The number of carbonyl (C=O) groups is 1. The van der Waals surface area contributed by atoms with E-state index in [1.807, 2.05) is 62.4 Å². The number of rotatable bonds is 8. The van der Waals surface area contributed by atoms with Crippen LogP contribution < -0.4 is 9.62 Å². The Morgan fingerprint density at radius 2 is 1.55 bits per heavy atom. The molecule has 31 heavy (non-hydrogen) atoms. The van der Waals surface area contributed by atoms with Crippen LogP contribution >= 0.6 is 0 Å². The first-order valence-corrected chi connectivity index (χ1v) is 11.7. The molecule has 0 unspecified atom stereocenters. The van der Waals surface area contributed by atoms with Crippen molar-refractivity contribution in [1.82, 2.24) is 4.72 Å². The van der Waals surface area contributed by atoms with E-state index in [1.54, 1.807) is 36.2 Å². The third kappa shape index (κ3) is 6.03. The van der Waals surface area contributed by atoms with Gasteiger partial charge in [0.05, 0.1) is 4.90 Å². The highest BCUT2D eigenvalue weighted by Gasteiger charge is 2.15. The van der Waals surface area contributed by atoms with Crippen molar-refractivity contribution >= 4 is 21.6 Å². The fourth-order valence-corrected chi connectivity index (χ4v) is 4.21. The van der Waals surface area contributed by atoms with Crippen LogP contribution in [-0.2, 0) is 27.8 Å². The Hall–Kier alpha value is -2.96. The number of amides is 1. The number of sulfonamides is 1. The van der Waals surface area contributed by atoms with Crippen molar-refractivity contribution in [3.63, 3.8) is 0 Å². The van der Waals surface area contributed by atoms with Crippen molar-refractivity contribution in [2.24, 2.45) is 0 Å². The van der Waals surface area contributed by atoms with Crippen molar-refractivity contribution in [1.29, 1.82) is 0 Å². The molecule has 0 aliphatic carbocycles. The van der Waals surface area contributed by atoms with Gasteiger partial charge in [0.25, 0.3) is 0 Å². The van der Waals surface area contributed by atoms with Gasteiger partial charge in [0.2, 0.25) is 15.9 Å². The number of hydrogen-bond acceptors (Lipinski definition) is 3. The summed E-state index contributed by atoms with van der Waals surface area (Å²) in [6.07, 6.45) is 0.896. The Bertz CT molecular complexity index is 1140. The van der Waals surface area contributed by atoms with Crippen LogP contribution in [-0.4, -0.2) is 21.4 Å². The molecule has 6 heteroatoms. The van der Waals surface area contributed by atoms with E-state index in [2.05, 4.69) is 4.72 Å². The third-order valence-corrected chi connectivity index (χ3v) is 6.84. The molecule has 3 aromatic carbocycles. The maximum atomic E-state index is 12.6. The molecule has 0 aliphatic rings. The highest BCUT2D eigenvalue weighted by atomic mass is 32.2. The zero-order valence-corrected chi connectivity index (χ0v) is 18.9. The highest BCUT2D eigenvalue weighted by Crippen LogP contribution is 2.19. The molecule has 162 valence electrons. The quantitative estimate of drug-likeness (QED) is 0.570. The second-order valence-corrected chi connectivity index (χ2v) is 9.44. The van der Waals surface area contributed by atoms with Crippen molar-refractivity contribution < 1.29 is 13.2 Å². The lowest BCUT2D eigenvalue weighted by Crippen LogP contribution is -2.26. The summed E-state index contributed by atoms with van der Waals surface area (Å²) in [5.74, 6) is 0.0180. The monoisotopic (exact) mass is 436 g/mol. The Labute approximate surface area is 184 Å². The summed E-state index contributed by atoms with van der Waals surface area (Å²) >= 11 is 0. The van der Waals surface area contributed by atoms with Gasteiger partial charge in [-0.2, -0.15) is 0 Å². The number of aryl methyl sites for hydroxylation is 3. The standard InChI is InChI=1S/C25H28N2O3S/c1-19-9-13-23(17-20(19)2)27(3)25(28)16-12-21-10-14-24(15-11-21)31(29,30)26-18-22-7-5-4-6-8-22/h4-11,13-15,17,26H,12,16,18H2,1-3H3. The van der Waals surface area contributed by atoms with E-state index in [4.69, 9.17) is 0 Å². The normalized spacial score (nSPS) is 11.3. The Kier molecular flexibility index (Phi) is 7.25. The lowest BCUT2D eigenvalue weighted by molar-refractivity contribution is -0.118. The zero-order valence-electron chi connectivity index (χ0n) is 18.1. The van der Waals surface area contributed by atoms with Gasteiger partial charge in [0, 0.05) is 25.7 Å². The van der Waals surface area contributed by atoms with E-state index in [0.717, 1.165) is 22.4 Å².